The van der Waals surface area contributed by atoms with Crippen LogP contribution in [0.4, 0.5) is 0 Å². The highest BCUT2D eigenvalue weighted by atomic mass is 79.9. The number of rotatable bonds is 6. The van der Waals surface area contributed by atoms with E-state index in [0.717, 1.165) is 21.2 Å². The van der Waals surface area contributed by atoms with Crippen LogP contribution < -0.4 is 5.32 Å². The van der Waals surface area contributed by atoms with Crippen molar-refractivity contribution in [2.45, 2.75) is 32.7 Å². The summed E-state index contributed by atoms with van der Waals surface area (Å²) in [6, 6.07) is 11.4. The van der Waals surface area contributed by atoms with E-state index in [1.807, 2.05) is 0 Å². The first-order valence-electron chi connectivity index (χ1n) is 6.92. The number of nitrogens with one attached hydrogen (secondary N) is 1. The molecule has 108 valence electrons. The quantitative estimate of drug-likeness (QED) is 0.615. The first-order chi connectivity index (χ1) is 9.65. The number of benzene rings is 1. The molecule has 1 N–H and O–H groups in total. The van der Waals surface area contributed by atoms with Gasteiger partial charge in [-0.25, -0.2) is 0 Å². The van der Waals surface area contributed by atoms with Gasteiger partial charge >= 0.3 is 0 Å². The highest BCUT2D eigenvalue weighted by molar-refractivity contribution is 9.13. The Morgan fingerprint density at radius 2 is 2.00 bits per heavy atom. The number of thiophene rings is 1. The van der Waals surface area contributed by atoms with Crippen molar-refractivity contribution in [3.05, 3.63) is 54.6 Å². The second-order valence-electron chi connectivity index (χ2n) is 4.76. The molecule has 20 heavy (non-hydrogen) atoms. The molecule has 1 aromatic heterocycles. The van der Waals surface area contributed by atoms with Crippen molar-refractivity contribution in [1.29, 1.82) is 0 Å². The summed E-state index contributed by atoms with van der Waals surface area (Å²) in [4.78, 5) is 1.33. The molecule has 0 saturated heterocycles. The van der Waals surface area contributed by atoms with Crippen LogP contribution in [-0.2, 0) is 6.42 Å². The van der Waals surface area contributed by atoms with Gasteiger partial charge in [-0.15, -0.1) is 11.3 Å². The fourth-order valence-corrected chi connectivity index (χ4v) is 4.50. The second-order valence-corrected chi connectivity index (χ2v) is 8.01. The minimum absolute atomic E-state index is 0.268. The molecule has 4 heteroatoms. The maximum absolute atomic E-state index is 3.59. The van der Waals surface area contributed by atoms with E-state index in [1.54, 1.807) is 11.3 Å². The van der Waals surface area contributed by atoms with E-state index in [1.165, 1.54) is 22.4 Å². The normalized spacial score (nSPS) is 12.6. The lowest BCUT2D eigenvalue weighted by atomic mass is 10.0. The first-order valence-corrected chi connectivity index (χ1v) is 9.32. The molecule has 0 radical (unpaired) electrons. The molecule has 0 aliphatic rings. The minimum atomic E-state index is 0.268. The molecule has 0 aliphatic carbocycles. The molecule has 2 aromatic rings. The second kappa shape index (κ2) is 7.74. The number of hydrogen-bond donors (Lipinski definition) is 1. The molecular weight excluding hydrogens is 398 g/mol. The summed E-state index contributed by atoms with van der Waals surface area (Å²) in [5, 5.41) is 3.59. The highest BCUT2D eigenvalue weighted by Crippen LogP contribution is 2.37. The Balaban J connectivity index is 2.34. The molecule has 2 rings (SSSR count). The fraction of sp³-hybridized carbons (Fsp3) is 0.375. The van der Waals surface area contributed by atoms with Crippen molar-refractivity contribution >= 4 is 43.2 Å². The van der Waals surface area contributed by atoms with Gasteiger partial charge in [0, 0.05) is 9.35 Å². The van der Waals surface area contributed by atoms with Crippen LogP contribution in [0.1, 0.15) is 42.3 Å². The maximum Gasteiger partial charge on any atom is 0.0843 e. The third-order valence-electron chi connectivity index (χ3n) is 3.18. The van der Waals surface area contributed by atoms with Crippen LogP contribution in [0, 0.1) is 0 Å². The average Bonchev–Trinajstić information content (AvgIpc) is 2.76. The van der Waals surface area contributed by atoms with Gasteiger partial charge in [-0.05, 0) is 62.0 Å². The molecule has 0 amide bonds. The summed E-state index contributed by atoms with van der Waals surface area (Å²) < 4.78 is 2.28. The van der Waals surface area contributed by atoms with Gasteiger partial charge in [-0.1, -0.05) is 44.5 Å². The van der Waals surface area contributed by atoms with Crippen molar-refractivity contribution < 1.29 is 0 Å². The van der Waals surface area contributed by atoms with Gasteiger partial charge in [0.15, 0.2) is 0 Å². The van der Waals surface area contributed by atoms with Crippen molar-refractivity contribution in [1.82, 2.24) is 5.32 Å². The smallest absolute Gasteiger partial charge is 0.0843 e. The monoisotopic (exact) mass is 415 g/mol. The van der Waals surface area contributed by atoms with Gasteiger partial charge in [-0.2, -0.15) is 0 Å². The first kappa shape index (κ1) is 16.2. The third kappa shape index (κ3) is 3.94. The molecular formula is C16H19Br2NS. The minimum Gasteiger partial charge on any atom is -0.306 e. The standard InChI is InChI=1S/C16H19Br2NS/c1-3-6-11-7-5-8-12(9-11)15(19-4-2)14-10-13(17)16(18)20-14/h5,7-10,15,19H,3-4,6H2,1-2H3. The Labute approximate surface area is 142 Å². The third-order valence-corrected chi connectivity index (χ3v) is 6.50. The zero-order valence-corrected chi connectivity index (χ0v) is 15.7. The van der Waals surface area contributed by atoms with Crippen LogP contribution >= 0.6 is 43.2 Å². The summed E-state index contributed by atoms with van der Waals surface area (Å²) in [7, 11) is 0. The van der Waals surface area contributed by atoms with Gasteiger partial charge in [0.25, 0.3) is 0 Å². The topological polar surface area (TPSA) is 12.0 Å². The zero-order valence-electron chi connectivity index (χ0n) is 11.7. The molecule has 1 atom stereocenters. The molecule has 0 spiro atoms. The Morgan fingerprint density at radius 1 is 1.20 bits per heavy atom. The highest BCUT2D eigenvalue weighted by Gasteiger charge is 2.17. The summed E-state index contributed by atoms with van der Waals surface area (Å²) >= 11 is 8.96. The summed E-state index contributed by atoms with van der Waals surface area (Å²) in [5.41, 5.74) is 2.77. The summed E-state index contributed by atoms with van der Waals surface area (Å²) in [6.45, 7) is 5.33. The van der Waals surface area contributed by atoms with Crippen molar-refractivity contribution in [3.8, 4) is 0 Å². The summed E-state index contributed by atoms with van der Waals surface area (Å²) in [6.07, 6.45) is 2.33. The molecule has 0 fully saturated rings. The predicted molar refractivity (Wildman–Crippen MR) is 95.7 cm³/mol. The lowest BCUT2D eigenvalue weighted by Gasteiger charge is -2.18. The summed E-state index contributed by atoms with van der Waals surface area (Å²) in [5.74, 6) is 0. The molecule has 1 unspecified atom stereocenters. The van der Waals surface area contributed by atoms with Gasteiger partial charge in [-0.3, -0.25) is 0 Å². The molecule has 0 aliphatic heterocycles. The van der Waals surface area contributed by atoms with E-state index in [0.29, 0.717) is 0 Å². The molecule has 1 nitrogen and oxygen atoms in total. The average molecular weight is 417 g/mol. The van der Waals surface area contributed by atoms with E-state index in [2.05, 4.69) is 81.4 Å². The number of hydrogen-bond acceptors (Lipinski definition) is 2. The van der Waals surface area contributed by atoms with Crippen molar-refractivity contribution in [2.24, 2.45) is 0 Å². The largest absolute Gasteiger partial charge is 0.306 e. The van der Waals surface area contributed by atoms with Crippen LogP contribution in [0.5, 0.6) is 0 Å². The Hall–Kier alpha value is -0.160. The molecule has 0 bridgehead atoms. The van der Waals surface area contributed by atoms with E-state index in [9.17, 15) is 0 Å². The van der Waals surface area contributed by atoms with Crippen LogP contribution in [0.3, 0.4) is 0 Å². The van der Waals surface area contributed by atoms with Gasteiger partial charge in [0.05, 0.1) is 9.83 Å². The van der Waals surface area contributed by atoms with Gasteiger partial charge in [0.1, 0.15) is 0 Å². The zero-order chi connectivity index (χ0) is 14.5. The van der Waals surface area contributed by atoms with Crippen molar-refractivity contribution in [2.75, 3.05) is 6.54 Å². The molecule has 0 saturated carbocycles. The van der Waals surface area contributed by atoms with Crippen LogP contribution in [0.25, 0.3) is 0 Å². The van der Waals surface area contributed by atoms with E-state index < -0.39 is 0 Å². The lowest BCUT2D eigenvalue weighted by molar-refractivity contribution is 0.638. The lowest BCUT2D eigenvalue weighted by Crippen LogP contribution is -2.21. The van der Waals surface area contributed by atoms with E-state index >= 15 is 0 Å². The molecule has 1 heterocycles. The Kier molecular flexibility index (Phi) is 6.27. The van der Waals surface area contributed by atoms with Crippen LogP contribution in [-0.4, -0.2) is 6.54 Å². The van der Waals surface area contributed by atoms with Crippen molar-refractivity contribution in [3.63, 3.8) is 0 Å². The Morgan fingerprint density at radius 3 is 2.60 bits per heavy atom. The van der Waals surface area contributed by atoms with Gasteiger partial charge < -0.3 is 5.32 Å². The number of aryl methyl sites for hydroxylation is 1. The van der Waals surface area contributed by atoms with Crippen LogP contribution in [0.2, 0.25) is 0 Å². The SMILES string of the molecule is CCCc1cccc(C(NCC)c2cc(Br)c(Br)s2)c1. The van der Waals surface area contributed by atoms with E-state index in [-0.39, 0.29) is 6.04 Å². The Bertz CT molecular complexity index is 546. The van der Waals surface area contributed by atoms with E-state index in [4.69, 9.17) is 0 Å². The van der Waals surface area contributed by atoms with Gasteiger partial charge in [0.2, 0.25) is 0 Å². The van der Waals surface area contributed by atoms with Crippen LogP contribution in [0.15, 0.2) is 38.6 Å². The molecule has 1 aromatic carbocycles. The fourth-order valence-electron chi connectivity index (χ4n) is 2.31. The predicted octanol–water partition coefficient (Wildman–Crippen LogP) is 5.92. The number of halogens is 2. The maximum atomic E-state index is 3.59.